The second-order valence-corrected chi connectivity index (χ2v) is 5.97. The molecule has 1 aliphatic heterocycles. The zero-order valence-corrected chi connectivity index (χ0v) is 13.1. The number of thioether (sulfide) groups is 1. The molecule has 0 atom stereocenters. The molecule has 0 saturated carbocycles. The molecule has 0 unspecified atom stereocenters. The molecule has 0 N–H and O–H groups in total. The third kappa shape index (κ3) is 3.40. The lowest BCUT2D eigenvalue weighted by Gasteiger charge is -2.17. The maximum atomic E-state index is 12.3. The Hall–Kier alpha value is -1.92. The van der Waals surface area contributed by atoms with Crippen molar-refractivity contribution in [1.82, 2.24) is 4.90 Å². The van der Waals surface area contributed by atoms with Gasteiger partial charge in [-0.1, -0.05) is 48.3 Å². The van der Waals surface area contributed by atoms with Crippen LogP contribution < -0.4 is 4.90 Å². The molecule has 1 heterocycles. The molecule has 1 aliphatic rings. The number of thiocarbonyl (C=S) groups is 1. The van der Waals surface area contributed by atoms with E-state index in [4.69, 9.17) is 12.2 Å². The van der Waals surface area contributed by atoms with E-state index in [-0.39, 0.29) is 11.8 Å². The maximum absolute atomic E-state index is 12.3. The predicted octanol–water partition coefficient (Wildman–Crippen LogP) is 2.93. The molecule has 0 aliphatic carbocycles. The predicted molar refractivity (Wildman–Crippen MR) is 89.8 cm³/mol. The Morgan fingerprint density at radius 1 is 1.43 bits per heavy atom. The topological polar surface area (TPSA) is 40.6 Å². The van der Waals surface area contributed by atoms with Crippen LogP contribution in [0.5, 0.6) is 0 Å². The van der Waals surface area contributed by atoms with Gasteiger partial charge in [0.05, 0.1) is 4.91 Å². The Morgan fingerprint density at radius 2 is 2.10 bits per heavy atom. The highest BCUT2D eigenvalue weighted by molar-refractivity contribution is 8.26. The molecule has 108 valence electrons. The minimum absolute atomic E-state index is 0.171. The summed E-state index contributed by atoms with van der Waals surface area (Å²) in [4.78, 5) is 27.4. The van der Waals surface area contributed by atoms with Gasteiger partial charge in [-0.15, -0.1) is 6.58 Å². The van der Waals surface area contributed by atoms with Gasteiger partial charge in [-0.3, -0.25) is 19.4 Å². The molecule has 1 saturated heterocycles. The van der Waals surface area contributed by atoms with E-state index in [9.17, 15) is 9.59 Å². The fourth-order valence-corrected chi connectivity index (χ4v) is 3.07. The second kappa shape index (κ2) is 6.69. The molecule has 2 amide bonds. The van der Waals surface area contributed by atoms with Crippen LogP contribution >= 0.6 is 24.0 Å². The first kappa shape index (κ1) is 15.5. The minimum Gasteiger partial charge on any atom is -0.289 e. The van der Waals surface area contributed by atoms with Crippen LogP contribution in [0.4, 0.5) is 5.69 Å². The quantitative estimate of drug-likeness (QED) is 0.486. The van der Waals surface area contributed by atoms with Gasteiger partial charge >= 0.3 is 0 Å². The van der Waals surface area contributed by atoms with Gasteiger partial charge in [-0.05, 0) is 12.1 Å². The molecule has 0 bridgehead atoms. The summed E-state index contributed by atoms with van der Waals surface area (Å²) in [5.41, 5.74) is 0.707. The lowest BCUT2D eigenvalue weighted by molar-refractivity contribution is -0.121. The van der Waals surface area contributed by atoms with Crippen LogP contribution in [0.1, 0.15) is 6.92 Å². The largest absolute Gasteiger partial charge is 0.289 e. The van der Waals surface area contributed by atoms with Gasteiger partial charge in [0.25, 0.3) is 5.91 Å². The van der Waals surface area contributed by atoms with Crippen molar-refractivity contribution < 1.29 is 9.59 Å². The monoisotopic (exact) mass is 318 g/mol. The van der Waals surface area contributed by atoms with Crippen molar-refractivity contribution in [3.63, 3.8) is 0 Å². The molecule has 2 rings (SSSR count). The van der Waals surface area contributed by atoms with E-state index >= 15 is 0 Å². The summed E-state index contributed by atoms with van der Waals surface area (Å²) in [5, 5.41) is 0. The van der Waals surface area contributed by atoms with Crippen LogP contribution in [0.2, 0.25) is 0 Å². The number of nitrogens with zero attached hydrogens (tertiary/aromatic N) is 2. The van der Waals surface area contributed by atoms with Crippen molar-refractivity contribution in [3.8, 4) is 0 Å². The van der Waals surface area contributed by atoms with Gasteiger partial charge in [0.2, 0.25) is 5.91 Å². The van der Waals surface area contributed by atoms with E-state index in [1.807, 2.05) is 30.3 Å². The second-order valence-electron chi connectivity index (χ2n) is 4.29. The number of carbonyl (C=O) groups is 2. The van der Waals surface area contributed by atoms with Gasteiger partial charge in [0, 0.05) is 25.4 Å². The SMILES string of the molecule is C=CCN1C(=O)/C(=C/N(C(C)=O)c2ccccc2)SC1=S. The lowest BCUT2D eigenvalue weighted by atomic mass is 10.3. The fourth-order valence-electron chi connectivity index (χ4n) is 1.83. The van der Waals surface area contributed by atoms with Crippen LogP contribution in [-0.4, -0.2) is 27.6 Å². The first-order chi connectivity index (χ1) is 10.0. The average Bonchev–Trinajstić information content (AvgIpc) is 2.73. The highest BCUT2D eigenvalue weighted by Gasteiger charge is 2.32. The number of amides is 2. The normalized spacial score (nSPS) is 16.4. The van der Waals surface area contributed by atoms with Crippen LogP contribution in [0, 0.1) is 0 Å². The zero-order chi connectivity index (χ0) is 15.4. The Kier molecular flexibility index (Phi) is 4.93. The van der Waals surface area contributed by atoms with E-state index in [0.717, 1.165) is 0 Å². The molecule has 0 aromatic heterocycles. The highest BCUT2D eigenvalue weighted by Crippen LogP contribution is 2.32. The summed E-state index contributed by atoms with van der Waals surface area (Å²) >= 11 is 6.36. The van der Waals surface area contributed by atoms with E-state index in [1.54, 1.807) is 12.3 Å². The minimum atomic E-state index is -0.202. The van der Waals surface area contributed by atoms with Crippen molar-refractivity contribution in [1.29, 1.82) is 0 Å². The van der Waals surface area contributed by atoms with Crippen molar-refractivity contribution in [3.05, 3.63) is 54.1 Å². The summed E-state index contributed by atoms with van der Waals surface area (Å²) < 4.78 is 0.475. The maximum Gasteiger partial charge on any atom is 0.267 e. The molecular weight excluding hydrogens is 304 g/mol. The van der Waals surface area contributed by atoms with Gasteiger partial charge < -0.3 is 0 Å². The number of carbonyl (C=O) groups excluding carboxylic acids is 2. The lowest BCUT2D eigenvalue weighted by Crippen LogP contribution is -2.29. The summed E-state index contributed by atoms with van der Waals surface area (Å²) in [7, 11) is 0. The van der Waals surface area contributed by atoms with E-state index < -0.39 is 0 Å². The van der Waals surface area contributed by atoms with Gasteiger partial charge in [-0.2, -0.15) is 0 Å². The van der Waals surface area contributed by atoms with E-state index in [1.165, 1.54) is 28.5 Å². The number of benzene rings is 1. The molecule has 6 heteroatoms. The first-order valence-electron chi connectivity index (χ1n) is 6.26. The van der Waals surface area contributed by atoms with Crippen molar-refractivity contribution in [2.75, 3.05) is 11.4 Å². The summed E-state index contributed by atoms with van der Waals surface area (Å²) in [6.07, 6.45) is 3.16. The highest BCUT2D eigenvalue weighted by atomic mass is 32.2. The molecule has 1 aromatic rings. The summed E-state index contributed by atoms with van der Waals surface area (Å²) in [6, 6.07) is 9.15. The van der Waals surface area contributed by atoms with Crippen molar-refractivity contribution >= 4 is 45.8 Å². The zero-order valence-electron chi connectivity index (χ0n) is 11.5. The van der Waals surface area contributed by atoms with Crippen molar-refractivity contribution in [2.24, 2.45) is 0 Å². The number of rotatable bonds is 4. The molecule has 0 spiro atoms. The van der Waals surface area contributed by atoms with E-state index in [2.05, 4.69) is 6.58 Å². The number of anilines is 1. The Bertz CT molecular complexity index is 626. The Morgan fingerprint density at radius 3 is 2.67 bits per heavy atom. The number of hydrogen-bond acceptors (Lipinski definition) is 4. The standard InChI is InChI=1S/C15H14N2O2S2/c1-3-9-16-14(19)13(21-15(16)20)10-17(11(2)18)12-7-5-4-6-8-12/h3-8,10H,1,9H2,2H3/b13-10-. The number of hydrogen-bond donors (Lipinski definition) is 0. The van der Waals surface area contributed by atoms with E-state index in [0.29, 0.717) is 21.5 Å². The summed E-state index contributed by atoms with van der Waals surface area (Å²) in [6.45, 7) is 5.43. The van der Waals surface area contributed by atoms with Crippen LogP contribution in [0.15, 0.2) is 54.1 Å². The fraction of sp³-hybridized carbons (Fsp3) is 0.133. The van der Waals surface area contributed by atoms with Gasteiger partial charge in [0.1, 0.15) is 4.32 Å². The third-order valence-corrected chi connectivity index (χ3v) is 4.17. The molecular formula is C15H14N2O2S2. The van der Waals surface area contributed by atoms with Crippen LogP contribution in [0.3, 0.4) is 0 Å². The van der Waals surface area contributed by atoms with Gasteiger partial charge in [-0.25, -0.2) is 0 Å². The third-order valence-electron chi connectivity index (χ3n) is 2.81. The van der Waals surface area contributed by atoms with Gasteiger partial charge in [0.15, 0.2) is 0 Å². The molecule has 1 fully saturated rings. The summed E-state index contributed by atoms with van der Waals surface area (Å²) in [5.74, 6) is -0.373. The Labute approximate surface area is 133 Å². The first-order valence-corrected chi connectivity index (χ1v) is 7.48. The number of para-hydroxylation sites is 1. The van der Waals surface area contributed by atoms with Crippen LogP contribution in [-0.2, 0) is 9.59 Å². The van der Waals surface area contributed by atoms with Crippen LogP contribution in [0.25, 0.3) is 0 Å². The molecule has 4 nitrogen and oxygen atoms in total. The molecule has 0 radical (unpaired) electrons. The smallest absolute Gasteiger partial charge is 0.267 e. The average molecular weight is 318 g/mol. The Balaban J connectivity index is 2.32. The van der Waals surface area contributed by atoms with Crippen molar-refractivity contribution in [2.45, 2.75) is 6.92 Å². The molecule has 21 heavy (non-hydrogen) atoms. The molecule has 1 aromatic carbocycles.